The molecule has 1 fully saturated rings. The van der Waals surface area contributed by atoms with Crippen molar-refractivity contribution in [1.29, 1.82) is 0 Å². The molecule has 0 radical (unpaired) electrons. The lowest BCUT2D eigenvalue weighted by atomic mass is 9.98. The number of piperidine rings is 1. The molecule has 5 aromatic rings. The third-order valence-electron chi connectivity index (χ3n) is 7.65. The number of alkyl halides is 2. The minimum Gasteiger partial charge on any atom is -0.459 e. The average Bonchev–Trinajstić information content (AvgIpc) is 3.46. The number of amides is 2. The zero-order valence-electron chi connectivity index (χ0n) is 24.3. The predicted octanol–water partition coefficient (Wildman–Crippen LogP) is 6.62. The van der Waals surface area contributed by atoms with Crippen molar-refractivity contribution in [2.45, 2.75) is 25.3 Å². The number of carbonyl (C=O) groups is 2. The highest BCUT2D eigenvalue weighted by Gasteiger charge is 2.35. The monoisotopic (exact) mass is 629 g/mol. The fourth-order valence-electron chi connectivity index (χ4n) is 5.18. The van der Waals surface area contributed by atoms with Gasteiger partial charge >= 0.3 is 0 Å². The van der Waals surface area contributed by atoms with Crippen LogP contribution < -0.4 is 11.1 Å². The van der Waals surface area contributed by atoms with Crippen molar-refractivity contribution in [3.8, 4) is 22.4 Å². The highest BCUT2D eigenvalue weighted by Crippen LogP contribution is 2.37. The summed E-state index contributed by atoms with van der Waals surface area (Å²) in [4.78, 5) is 35.1. The third-order valence-corrected chi connectivity index (χ3v) is 7.65. The van der Waals surface area contributed by atoms with E-state index in [9.17, 15) is 22.8 Å². The minimum absolute atomic E-state index is 0.0238. The second-order valence-corrected chi connectivity index (χ2v) is 10.9. The second-order valence-electron chi connectivity index (χ2n) is 10.9. The highest BCUT2D eigenvalue weighted by molar-refractivity contribution is 5.98. The predicted molar refractivity (Wildman–Crippen MR) is 164 cm³/mol. The van der Waals surface area contributed by atoms with Crippen molar-refractivity contribution in [3.63, 3.8) is 0 Å². The number of benzene rings is 2. The lowest BCUT2D eigenvalue weighted by Gasteiger charge is -2.31. The van der Waals surface area contributed by atoms with E-state index in [1.165, 1.54) is 29.4 Å². The van der Waals surface area contributed by atoms with Gasteiger partial charge in [-0.3, -0.25) is 14.6 Å². The van der Waals surface area contributed by atoms with E-state index in [1.54, 1.807) is 48.5 Å². The van der Waals surface area contributed by atoms with E-state index in [2.05, 4.69) is 15.3 Å². The molecular formula is C34H27F4N5O3. The number of fused-ring (bicyclic) bond motifs is 1. The van der Waals surface area contributed by atoms with Crippen LogP contribution in [0.15, 0.2) is 83.6 Å². The Hall–Kier alpha value is -5.52. The standard InChI is InChI=1S/C34H27F4N5O3/c35-24-4-5-26(28(36)16-24)27-15-22(29-6-3-21(18-40-29)33(45)43-11-9-34(37,38)10-12-43)13-23-14-25(46-32(23)27)19-42-31(44)8-2-20-1-7-30(39)41-17-20/h1-8,13-18H,9-12,19H2,(H2,39,41)(H,42,44). The Labute approximate surface area is 260 Å². The van der Waals surface area contributed by atoms with Crippen molar-refractivity contribution in [2.75, 3.05) is 18.8 Å². The van der Waals surface area contributed by atoms with Crippen LogP contribution in [0.1, 0.15) is 34.5 Å². The highest BCUT2D eigenvalue weighted by atomic mass is 19.3. The van der Waals surface area contributed by atoms with Gasteiger partial charge in [-0.15, -0.1) is 0 Å². The van der Waals surface area contributed by atoms with Gasteiger partial charge in [0.25, 0.3) is 11.8 Å². The minimum atomic E-state index is -2.77. The molecule has 3 aromatic heterocycles. The van der Waals surface area contributed by atoms with Crippen molar-refractivity contribution in [3.05, 3.63) is 108 Å². The summed E-state index contributed by atoms with van der Waals surface area (Å²) < 4.78 is 61.9. The lowest BCUT2D eigenvalue weighted by Crippen LogP contribution is -2.42. The molecule has 4 heterocycles. The first kappa shape index (κ1) is 30.5. The summed E-state index contributed by atoms with van der Waals surface area (Å²) in [7, 11) is 0. The first-order chi connectivity index (χ1) is 22.0. The summed E-state index contributed by atoms with van der Waals surface area (Å²) in [5, 5.41) is 3.31. The van der Waals surface area contributed by atoms with E-state index < -0.39 is 17.6 Å². The molecule has 46 heavy (non-hydrogen) atoms. The summed E-state index contributed by atoms with van der Waals surface area (Å²) in [5.74, 6) is -4.34. The van der Waals surface area contributed by atoms with Crippen LogP contribution >= 0.6 is 0 Å². The van der Waals surface area contributed by atoms with Crippen LogP contribution in [0.5, 0.6) is 0 Å². The summed E-state index contributed by atoms with van der Waals surface area (Å²) in [6, 6.07) is 14.8. The summed E-state index contributed by atoms with van der Waals surface area (Å²) in [6.07, 6.45) is 5.05. The number of furan rings is 1. The molecular weight excluding hydrogens is 602 g/mol. The van der Waals surface area contributed by atoms with Crippen LogP contribution in [0.25, 0.3) is 39.4 Å². The number of pyridine rings is 2. The van der Waals surface area contributed by atoms with Crippen molar-refractivity contribution < 1.29 is 31.6 Å². The van der Waals surface area contributed by atoms with Gasteiger partial charge in [-0.2, -0.15) is 0 Å². The first-order valence-electron chi connectivity index (χ1n) is 14.4. The van der Waals surface area contributed by atoms with Gasteiger partial charge in [0.1, 0.15) is 28.8 Å². The average molecular weight is 630 g/mol. The fourth-order valence-corrected chi connectivity index (χ4v) is 5.18. The third kappa shape index (κ3) is 6.75. The zero-order chi connectivity index (χ0) is 32.4. The molecule has 2 amide bonds. The summed E-state index contributed by atoms with van der Waals surface area (Å²) in [6.45, 7) is -0.0665. The molecule has 1 aliphatic rings. The van der Waals surface area contributed by atoms with Gasteiger partial charge in [-0.25, -0.2) is 22.5 Å². The van der Waals surface area contributed by atoms with E-state index in [-0.39, 0.29) is 55.4 Å². The number of nitrogens with one attached hydrogen (secondary N) is 1. The zero-order valence-corrected chi connectivity index (χ0v) is 24.3. The molecule has 0 bridgehead atoms. The molecule has 6 rings (SSSR count). The largest absolute Gasteiger partial charge is 0.459 e. The van der Waals surface area contributed by atoms with Gasteiger partial charge in [0.05, 0.1) is 17.8 Å². The maximum atomic E-state index is 15.0. The van der Waals surface area contributed by atoms with Gasteiger partial charge in [-0.1, -0.05) is 0 Å². The SMILES string of the molecule is Nc1ccc(C=CC(=O)NCc2cc3cc(-c4ccc(C(=O)N5CCC(F)(F)CC5)cn4)cc(-c4ccc(F)cc4F)c3o2)cn1. The van der Waals surface area contributed by atoms with Crippen LogP contribution in [-0.2, 0) is 11.3 Å². The van der Waals surface area contributed by atoms with E-state index in [0.29, 0.717) is 44.9 Å². The van der Waals surface area contributed by atoms with Crippen LogP contribution in [0, 0.1) is 11.6 Å². The summed E-state index contributed by atoms with van der Waals surface area (Å²) in [5.41, 5.74) is 8.26. The van der Waals surface area contributed by atoms with Crippen LogP contribution in [0.2, 0.25) is 0 Å². The number of likely N-dealkylation sites (tertiary alicyclic amines) is 1. The van der Waals surface area contributed by atoms with Gasteiger partial charge in [-0.05, 0) is 66.2 Å². The number of halogens is 4. The van der Waals surface area contributed by atoms with E-state index in [4.69, 9.17) is 10.2 Å². The molecule has 8 nitrogen and oxygen atoms in total. The number of nitrogens with zero attached hydrogens (tertiary/aromatic N) is 3. The van der Waals surface area contributed by atoms with Crippen LogP contribution in [-0.4, -0.2) is 45.7 Å². The fraction of sp³-hybridized carbons (Fsp3) is 0.176. The molecule has 0 spiro atoms. The Kier molecular flexibility index (Phi) is 8.27. The summed E-state index contributed by atoms with van der Waals surface area (Å²) >= 11 is 0. The van der Waals surface area contributed by atoms with E-state index >= 15 is 4.39 Å². The topological polar surface area (TPSA) is 114 Å². The Balaban J connectivity index is 1.27. The molecule has 0 unspecified atom stereocenters. The Morgan fingerprint density at radius 3 is 2.46 bits per heavy atom. The maximum Gasteiger partial charge on any atom is 0.255 e. The van der Waals surface area contributed by atoms with Gasteiger partial charge in [0.2, 0.25) is 5.91 Å². The Bertz CT molecular complexity index is 1950. The number of carbonyl (C=O) groups excluding carboxylic acids is 2. The molecule has 12 heteroatoms. The van der Waals surface area contributed by atoms with E-state index in [1.807, 2.05) is 0 Å². The van der Waals surface area contributed by atoms with Crippen LogP contribution in [0.3, 0.4) is 0 Å². The molecule has 234 valence electrons. The molecule has 0 atom stereocenters. The van der Waals surface area contributed by atoms with Gasteiger partial charge in [0.15, 0.2) is 0 Å². The number of rotatable bonds is 7. The van der Waals surface area contributed by atoms with Crippen molar-refractivity contribution in [1.82, 2.24) is 20.2 Å². The molecule has 1 saturated heterocycles. The normalized spacial score (nSPS) is 14.6. The van der Waals surface area contributed by atoms with Crippen molar-refractivity contribution >= 4 is 34.7 Å². The van der Waals surface area contributed by atoms with Gasteiger partial charge < -0.3 is 20.4 Å². The number of aromatic nitrogens is 2. The quantitative estimate of drug-likeness (QED) is 0.155. The maximum absolute atomic E-state index is 15.0. The Morgan fingerprint density at radius 2 is 1.76 bits per heavy atom. The second kappa shape index (κ2) is 12.5. The lowest BCUT2D eigenvalue weighted by molar-refractivity contribution is -0.116. The molecule has 2 aromatic carbocycles. The number of hydrogen-bond acceptors (Lipinski definition) is 6. The first-order valence-corrected chi connectivity index (χ1v) is 14.4. The van der Waals surface area contributed by atoms with Gasteiger partial charge in [0, 0.05) is 72.5 Å². The number of anilines is 1. The Morgan fingerprint density at radius 1 is 0.957 bits per heavy atom. The van der Waals surface area contributed by atoms with E-state index in [0.717, 1.165) is 12.1 Å². The number of nitrogen functional groups attached to an aromatic ring is 1. The smallest absolute Gasteiger partial charge is 0.255 e. The molecule has 1 aliphatic heterocycles. The number of hydrogen-bond donors (Lipinski definition) is 2. The molecule has 3 N–H and O–H groups in total. The molecule has 0 saturated carbocycles. The van der Waals surface area contributed by atoms with Crippen LogP contribution in [0.4, 0.5) is 23.4 Å². The number of nitrogens with two attached hydrogens (primary N) is 1. The molecule has 0 aliphatic carbocycles. The van der Waals surface area contributed by atoms with Crippen molar-refractivity contribution in [2.24, 2.45) is 0 Å².